The monoisotopic (exact) mass is 536 g/mol. The standard InChI is InChI=1S/C27H30ClFN8O/c1-35-8-2-4-17(35)14-38-27-33-24-19(26(34-27)37-11-15-6-7-16(12-37)31-15)10-20(28)22(23(24)29)18-5-3-9-36-13-21(30)32-25(18)36/h3,5,9-10,13,15-17,31H,2,4,6-8,11-12,14,30H2,1H3/t15?,16?,17-/m0/s1. The van der Waals surface area contributed by atoms with E-state index >= 15 is 4.39 Å². The number of nitrogen functional groups attached to an aromatic ring is 1. The van der Waals surface area contributed by atoms with Gasteiger partial charge in [-0.25, -0.2) is 9.37 Å². The average molecular weight is 537 g/mol. The summed E-state index contributed by atoms with van der Waals surface area (Å²) in [5.74, 6) is 0.492. The lowest BCUT2D eigenvalue weighted by Crippen LogP contribution is -2.51. The van der Waals surface area contributed by atoms with Gasteiger partial charge in [0, 0.05) is 53.9 Å². The number of nitrogens with one attached hydrogen (secondary N) is 1. The Morgan fingerprint density at radius 3 is 2.76 bits per heavy atom. The SMILES string of the molecule is CN1CCC[C@H]1COc1nc(N2CC3CCC(C2)N3)c2cc(Cl)c(-c3cccn4cc(N)nc34)c(F)c2n1. The van der Waals surface area contributed by atoms with Crippen LogP contribution in [-0.2, 0) is 0 Å². The van der Waals surface area contributed by atoms with Crippen molar-refractivity contribution in [2.45, 2.75) is 43.8 Å². The minimum Gasteiger partial charge on any atom is -0.462 e. The molecular weight excluding hydrogens is 507 g/mol. The van der Waals surface area contributed by atoms with Crippen LogP contribution in [0, 0.1) is 5.82 Å². The van der Waals surface area contributed by atoms with Crippen molar-refractivity contribution in [3.05, 3.63) is 41.4 Å². The molecule has 7 rings (SSSR count). The number of benzene rings is 1. The maximum absolute atomic E-state index is 16.5. The lowest BCUT2D eigenvalue weighted by atomic mass is 10.0. The number of ether oxygens (including phenoxy) is 1. The van der Waals surface area contributed by atoms with Gasteiger partial charge >= 0.3 is 6.01 Å². The number of likely N-dealkylation sites (tertiary alicyclic amines) is 1. The molecular formula is C27H30ClFN8O. The first-order valence-electron chi connectivity index (χ1n) is 13.2. The second-order valence-electron chi connectivity index (χ2n) is 10.7. The van der Waals surface area contributed by atoms with E-state index in [1.165, 1.54) is 0 Å². The van der Waals surface area contributed by atoms with Crippen LogP contribution in [-0.4, -0.2) is 75.7 Å². The third-order valence-corrected chi connectivity index (χ3v) is 8.50. The molecule has 1 aromatic carbocycles. The number of nitrogens with zero attached hydrogens (tertiary/aromatic N) is 6. The zero-order valence-electron chi connectivity index (χ0n) is 21.2. The summed E-state index contributed by atoms with van der Waals surface area (Å²) >= 11 is 6.80. The van der Waals surface area contributed by atoms with Crippen molar-refractivity contribution >= 4 is 39.8 Å². The normalized spacial score (nSPS) is 23.7. The minimum absolute atomic E-state index is 0.189. The first kappa shape index (κ1) is 23.9. The fraction of sp³-hybridized carbons (Fsp3) is 0.444. The van der Waals surface area contributed by atoms with Crippen LogP contribution < -0.4 is 20.7 Å². The van der Waals surface area contributed by atoms with Crippen LogP contribution in [0.2, 0.25) is 5.02 Å². The van der Waals surface area contributed by atoms with Crippen LogP contribution in [0.1, 0.15) is 25.7 Å². The number of fused-ring (bicyclic) bond motifs is 4. The molecule has 3 aromatic heterocycles. The number of piperazine rings is 1. The number of rotatable bonds is 5. The number of imidazole rings is 1. The summed E-state index contributed by atoms with van der Waals surface area (Å²) < 4.78 is 24.4. The fourth-order valence-corrected chi connectivity index (χ4v) is 6.56. The molecule has 2 bridgehead atoms. The van der Waals surface area contributed by atoms with E-state index in [1.54, 1.807) is 22.7 Å². The van der Waals surface area contributed by atoms with E-state index in [1.807, 2.05) is 12.3 Å². The van der Waals surface area contributed by atoms with Gasteiger partial charge in [0.15, 0.2) is 5.82 Å². The topological polar surface area (TPSA) is 96.8 Å². The molecule has 3 aliphatic rings. The van der Waals surface area contributed by atoms with E-state index in [9.17, 15) is 0 Å². The highest BCUT2D eigenvalue weighted by molar-refractivity contribution is 6.34. The van der Waals surface area contributed by atoms with Crippen molar-refractivity contribution in [1.29, 1.82) is 0 Å². The molecule has 3 aliphatic heterocycles. The summed E-state index contributed by atoms with van der Waals surface area (Å²) in [5.41, 5.74) is 7.44. The Labute approximate surface area is 224 Å². The van der Waals surface area contributed by atoms with Crippen LogP contribution in [0.15, 0.2) is 30.6 Å². The number of hydrogen-bond acceptors (Lipinski definition) is 8. The van der Waals surface area contributed by atoms with E-state index in [-0.39, 0.29) is 22.1 Å². The molecule has 9 nitrogen and oxygen atoms in total. The lowest BCUT2D eigenvalue weighted by Gasteiger charge is -2.34. The predicted molar refractivity (Wildman–Crippen MR) is 146 cm³/mol. The quantitative estimate of drug-likeness (QED) is 0.398. The number of hydrogen-bond donors (Lipinski definition) is 2. The number of nitrogens with two attached hydrogens (primary N) is 1. The Kier molecular flexibility index (Phi) is 5.79. The summed E-state index contributed by atoms with van der Waals surface area (Å²) in [6.45, 7) is 3.09. The zero-order valence-corrected chi connectivity index (χ0v) is 22.0. The van der Waals surface area contributed by atoms with Gasteiger partial charge in [-0.05, 0) is 57.5 Å². The summed E-state index contributed by atoms with van der Waals surface area (Å²) in [5, 5.41) is 4.50. The molecule has 198 valence electrons. The Morgan fingerprint density at radius 1 is 1.18 bits per heavy atom. The molecule has 6 heterocycles. The second kappa shape index (κ2) is 9.21. The predicted octanol–water partition coefficient (Wildman–Crippen LogP) is 3.73. The average Bonchev–Trinajstić information content (AvgIpc) is 3.59. The van der Waals surface area contributed by atoms with Crippen LogP contribution in [0.4, 0.5) is 16.0 Å². The molecule has 0 amide bonds. The molecule has 0 spiro atoms. The van der Waals surface area contributed by atoms with Gasteiger partial charge in [0.2, 0.25) is 0 Å². The lowest BCUT2D eigenvalue weighted by molar-refractivity contribution is 0.188. The van der Waals surface area contributed by atoms with Crippen molar-refractivity contribution in [2.75, 3.05) is 43.9 Å². The third kappa shape index (κ3) is 4.02. The molecule has 3 fully saturated rings. The number of aromatic nitrogens is 4. The molecule has 0 saturated carbocycles. The zero-order chi connectivity index (χ0) is 26.0. The van der Waals surface area contributed by atoms with Gasteiger partial charge in [0.25, 0.3) is 0 Å². The van der Waals surface area contributed by atoms with Gasteiger partial charge in [0.1, 0.15) is 29.4 Å². The van der Waals surface area contributed by atoms with E-state index < -0.39 is 5.82 Å². The van der Waals surface area contributed by atoms with Crippen molar-refractivity contribution in [2.24, 2.45) is 0 Å². The Hall–Kier alpha value is -3.21. The molecule has 3 atom stereocenters. The van der Waals surface area contributed by atoms with Gasteiger partial charge in [-0.15, -0.1) is 0 Å². The Bertz CT molecular complexity index is 1530. The van der Waals surface area contributed by atoms with Crippen molar-refractivity contribution in [3.8, 4) is 17.1 Å². The van der Waals surface area contributed by atoms with E-state index in [0.717, 1.165) is 45.3 Å². The minimum atomic E-state index is -0.522. The molecule has 0 aliphatic carbocycles. The second-order valence-corrected chi connectivity index (χ2v) is 11.1. The first-order chi connectivity index (χ1) is 18.4. The molecule has 4 aromatic rings. The smallest absolute Gasteiger partial charge is 0.319 e. The van der Waals surface area contributed by atoms with Gasteiger partial charge < -0.3 is 30.0 Å². The fourth-order valence-electron chi connectivity index (χ4n) is 6.27. The van der Waals surface area contributed by atoms with E-state index in [2.05, 4.69) is 32.1 Å². The maximum atomic E-state index is 16.5. The van der Waals surface area contributed by atoms with Gasteiger partial charge in [0.05, 0.1) is 11.2 Å². The van der Waals surface area contributed by atoms with Crippen LogP contribution in [0.25, 0.3) is 27.7 Å². The van der Waals surface area contributed by atoms with Gasteiger partial charge in [-0.1, -0.05) is 11.6 Å². The van der Waals surface area contributed by atoms with Crippen molar-refractivity contribution in [3.63, 3.8) is 0 Å². The molecule has 11 heteroatoms. The number of anilines is 2. The number of pyridine rings is 1. The molecule has 0 radical (unpaired) electrons. The van der Waals surface area contributed by atoms with Gasteiger partial charge in [-0.2, -0.15) is 9.97 Å². The van der Waals surface area contributed by atoms with Crippen LogP contribution in [0.5, 0.6) is 6.01 Å². The van der Waals surface area contributed by atoms with E-state index in [4.69, 9.17) is 27.1 Å². The third-order valence-electron chi connectivity index (χ3n) is 8.21. The summed E-state index contributed by atoms with van der Waals surface area (Å²) in [4.78, 5) is 18.3. The molecule has 3 saturated heterocycles. The van der Waals surface area contributed by atoms with Crippen molar-refractivity contribution < 1.29 is 9.13 Å². The Balaban J connectivity index is 1.37. The first-order valence-corrected chi connectivity index (χ1v) is 13.6. The van der Waals surface area contributed by atoms with Crippen LogP contribution >= 0.6 is 11.6 Å². The summed E-state index contributed by atoms with van der Waals surface area (Å²) in [6, 6.07) is 6.64. The highest BCUT2D eigenvalue weighted by atomic mass is 35.5. The van der Waals surface area contributed by atoms with Crippen molar-refractivity contribution in [1.82, 2.24) is 29.6 Å². The maximum Gasteiger partial charge on any atom is 0.319 e. The molecule has 38 heavy (non-hydrogen) atoms. The van der Waals surface area contributed by atoms with Gasteiger partial charge in [-0.3, -0.25) is 0 Å². The van der Waals surface area contributed by atoms with E-state index in [0.29, 0.717) is 53.0 Å². The van der Waals surface area contributed by atoms with Crippen LogP contribution in [0.3, 0.4) is 0 Å². The summed E-state index contributed by atoms with van der Waals surface area (Å²) in [6.07, 6.45) is 7.95. The number of likely N-dealkylation sites (N-methyl/N-ethyl adjacent to an activating group) is 1. The molecule has 2 unspecified atom stereocenters. The Morgan fingerprint density at radius 2 is 2.00 bits per heavy atom. The molecule has 3 N–H and O–H groups in total. The number of halogens is 2. The highest BCUT2D eigenvalue weighted by Crippen LogP contribution is 2.40. The highest BCUT2D eigenvalue weighted by Gasteiger charge is 2.34. The largest absolute Gasteiger partial charge is 0.462 e. The summed E-state index contributed by atoms with van der Waals surface area (Å²) in [7, 11) is 2.10.